The molecule has 6 heteroatoms. The summed E-state index contributed by atoms with van der Waals surface area (Å²) in [6.07, 6.45) is 10.9. The van der Waals surface area contributed by atoms with Crippen LogP contribution in [0.4, 0.5) is 10.8 Å². The zero-order valence-electron chi connectivity index (χ0n) is 15.6. The number of nitrogens with zero attached hydrogens (tertiary/aromatic N) is 1. The molecule has 1 aromatic carbocycles. The molecular weight excluding hydrogens is 358 g/mol. The van der Waals surface area contributed by atoms with E-state index in [1.54, 1.807) is 0 Å². The Kier molecular flexibility index (Phi) is 5.72. The number of thiazole rings is 1. The first kappa shape index (κ1) is 18.4. The van der Waals surface area contributed by atoms with Crippen LogP contribution in [-0.2, 0) is 9.59 Å². The van der Waals surface area contributed by atoms with Gasteiger partial charge in [0.2, 0.25) is 11.8 Å². The molecule has 0 aliphatic heterocycles. The number of hydrogen-bond donors (Lipinski definition) is 2. The second kappa shape index (κ2) is 8.38. The number of rotatable bonds is 5. The molecule has 2 N–H and O–H groups in total. The number of aromatic nitrogens is 1. The van der Waals surface area contributed by atoms with Crippen LogP contribution in [0.5, 0.6) is 0 Å². The SMILES string of the molecule is O=C(CC1CCCC1)Nc1ccc2sc(NC(=O)C3CCCCC3)nc2c1. The largest absolute Gasteiger partial charge is 0.326 e. The van der Waals surface area contributed by atoms with Gasteiger partial charge >= 0.3 is 0 Å². The van der Waals surface area contributed by atoms with Gasteiger partial charge in [0, 0.05) is 18.0 Å². The molecule has 2 aliphatic carbocycles. The molecular formula is C21H27N3O2S. The second-order valence-electron chi connectivity index (χ2n) is 7.93. The van der Waals surface area contributed by atoms with E-state index in [1.807, 2.05) is 18.2 Å². The molecule has 144 valence electrons. The molecule has 0 bridgehead atoms. The van der Waals surface area contributed by atoms with Gasteiger partial charge in [-0.05, 0) is 49.8 Å². The molecule has 0 spiro atoms. The maximum absolute atomic E-state index is 12.4. The molecule has 1 heterocycles. The van der Waals surface area contributed by atoms with E-state index >= 15 is 0 Å². The summed E-state index contributed by atoms with van der Waals surface area (Å²) < 4.78 is 1.02. The summed E-state index contributed by atoms with van der Waals surface area (Å²) in [6.45, 7) is 0. The minimum absolute atomic E-state index is 0.0855. The molecule has 2 aliphatic rings. The zero-order valence-corrected chi connectivity index (χ0v) is 16.4. The summed E-state index contributed by atoms with van der Waals surface area (Å²) in [5.41, 5.74) is 1.60. The topological polar surface area (TPSA) is 71.1 Å². The van der Waals surface area contributed by atoms with Crippen LogP contribution < -0.4 is 10.6 Å². The van der Waals surface area contributed by atoms with Gasteiger partial charge in [0.15, 0.2) is 5.13 Å². The van der Waals surface area contributed by atoms with Crippen LogP contribution in [0.15, 0.2) is 18.2 Å². The van der Waals surface area contributed by atoms with Gasteiger partial charge in [-0.25, -0.2) is 4.98 Å². The number of benzene rings is 1. The van der Waals surface area contributed by atoms with Crippen LogP contribution >= 0.6 is 11.3 Å². The van der Waals surface area contributed by atoms with E-state index in [-0.39, 0.29) is 17.7 Å². The lowest BCUT2D eigenvalue weighted by atomic mass is 9.89. The first-order chi connectivity index (χ1) is 13.2. The fourth-order valence-electron chi connectivity index (χ4n) is 4.32. The van der Waals surface area contributed by atoms with Crippen molar-refractivity contribution >= 4 is 44.2 Å². The number of nitrogens with one attached hydrogen (secondary N) is 2. The predicted molar refractivity (Wildman–Crippen MR) is 110 cm³/mol. The van der Waals surface area contributed by atoms with Gasteiger partial charge in [-0.15, -0.1) is 0 Å². The Labute approximate surface area is 163 Å². The van der Waals surface area contributed by atoms with Gasteiger partial charge in [0.1, 0.15) is 0 Å². The first-order valence-corrected chi connectivity index (χ1v) is 11.0. The van der Waals surface area contributed by atoms with Gasteiger partial charge in [0.05, 0.1) is 10.2 Å². The van der Waals surface area contributed by atoms with E-state index in [4.69, 9.17) is 0 Å². The van der Waals surface area contributed by atoms with Crippen molar-refractivity contribution in [2.75, 3.05) is 10.6 Å². The molecule has 4 rings (SSSR count). The van der Waals surface area contributed by atoms with E-state index in [1.165, 1.54) is 43.4 Å². The standard InChI is InChI=1S/C21H27N3O2S/c25-19(12-14-6-4-5-7-14)22-16-10-11-18-17(13-16)23-21(27-18)24-20(26)15-8-2-1-3-9-15/h10-11,13-15H,1-9,12H2,(H,22,25)(H,23,24,26). The van der Waals surface area contributed by atoms with Crippen LogP contribution in [0, 0.1) is 11.8 Å². The Morgan fingerprint density at radius 3 is 2.52 bits per heavy atom. The molecule has 0 atom stereocenters. The summed E-state index contributed by atoms with van der Waals surface area (Å²) in [5, 5.41) is 6.64. The van der Waals surface area contributed by atoms with Gasteiger partial charge in [-0.1, -0.05) is 43.4 Å². The Morgan fingerprint density at radius 1 is 1.00 bits per heavy atom. The van der Waals surface area contributed by atoms with E-state index < -0.39 is 0 Å². The van der Waals surface area contributed by atoms with Crippen molar-refractivity contribution in [2.45, 2.75) is 64.2 Å². The average Bonchev–Trinajstić information content (AvgIpc) is 3.31. The van der Waals surface area contributed by atoms with Crippen molar-refractivity contribution < 1.29 is 9.59 Å². The number of carbonyl (C=O) groups is 2. The van der Waals surface area contributed by atoms with E-state index in [0.29, 0.717) is 17.5 Å². The number of hydrogen-bond acceptors (Lipinski definition) is 4. The minimum atomic E-state index is 0.0855. The van der Waals surface area contributed by atoms with Crippen LogP contribution in [0.1, 0.15) is 64.2 Å². The molecule has 27 heavy (non-hydrogen) atoms. The molecule has 2 saturated carbocycles. The van der Waals surface area contributed by atoms with E-state index in [0.717, 1.165) is 41.6 Å². The van der Waals surface area contributed by atoms with Crippen molar-refractivity contribution in [3.8, 4) is 0 Å². The monoisotopic (exact) mass is 385 g/mol. The first-order valence-electron chi connectivity index (χ1n) is 10.2. The van der Waals surface area contributed by atoms with Crippen molar-refractivity contribution in [3.05, 3.63) is 18.2 Å². The molecule has 0 unspecified atom stereocenters. The van der Waals surface area contributed by atoms with Gasteiger partial charge in [0.25, 0.3) is 0 Å². The highest BCUT2D eigenvalue weighted by molar-refractivity contribution is 7.22. The Morgan fingerprint density at radius 2 is 1.74 bits per heavy atom. The van der Waals surface area contributed by atoms with Gasteiger partial charge < -0.3 is 10.6 Å². The van der Waals surface area contributed by atoms with E-state index in [2.05, 4.69) is 15.6 Å². The number of anilines is 2. The third-order valence-electron chi connectivity index (χ3n) is 5.83. The molecule has 0 saturated heterocycles. The number of fused-ring (bicyclic) bond motifs is 1. The average molecular weight is 386 g/mol. The van der Waals surface area contributed by atoms with Crippen LogP contribution in [0.2, 0.25) is 0 Å². The molecule has 1 aromatic heterocycles. The predicted octanol–water partition coefficient (Wildman–Crippen LogP) is 5.33. The number of amides is 2. The fourth-order valence-corrected chi connectivity index (χ4v) is 5.17. The summed E-state index contributed by atoms with van der Waals surface area (Å²) >= 11 is 1.49. The fraction of sp³-hybridized carbons (Fsp3) is 0.571. The Balaban J connectivity index is 1.38. The molecule has 5 nitrogen and oxygen atoms in total. The lowest BCUT2D eigenvalue weighted by Crippen LogP contribution is -2.24. The van der Waals surface area contributed by atoms with Crippen molar-refractivity contribution in [1.82, 2.24) is 4.98 Å². The number of carbonyl (C=O) groups excluding carboxylic acids is 2. The van der Waals surface area contributed by atoms with E-state index in [9.17, 15) is 9.59 Å². The molecule has 2 amide bonds. The molecule has 2 aromatic rings. The third-order valence-corrected chi connectivity index (χ3v) is 6.78. The quantitative estimate of drug-likeness (QED) is 0.730. The highest BCUT2D eigenvalue weighted by Crippen LogP contribution is 2.31. The maximum Gasteiger partial charge on any atom is 0.229 e. The highest BCUT2D eigenvalue weighted by atomic mass is 32.1. The third kappa shape index (κ3) is 4.67. The van der Waals surface area contributed by atoms with Gasteiger partial charge in [-0.3, -0.25) is 9.59 Å². The molecule has 2 fully saturated rings. The maximum atomic E-state index is 12.4. The minimum Gasteiger partial charge on any atom is -0.326 e. The Bertz CT molecular complexity index is 820. The van der Waals surface area contributed by atoms with Crippen LogP contribution in [-0.4, -0.2) is 16.8 Å². The second-order valence-corrected chi connectivity index (χ2v) is 8.96. The molecule has 0 radical (unpaired) electrons. The van der Waals surface area contributed by atoms with Crippen LogP contribution in [0.3, 0.4) is 0 Å². The van der Waals surface area contributed by atoms with Crippen molar-refractivity contribution in [3.63, 3.8) is 0 Å². The summed E-state index contributed by atoms with van der Waals surface area (Å²) in [6, 6.07) is 5.78. The van der Waals surface area contributed by atoms with Crippen molar-refractivity contribution in [2.24, 2.45) is 11.8 Å². The Hall–Kier alpha value is -1.95. The summed E-state index contributed by atoms with van der Waals surface area (Å²) in [4.78, 5) is 29.2. The summed E-state index contributed by atoms with van der Waals surface area (Å²) in [5.74, 6) is 0.840. The lowest BCUT2D eigenvalue weighted by Gasteiger charge is -2.19. The van der Waals surface area contributed by atoms with Gasteiger partial charge in [-0.2, -0.15) is 0 Å². The van der Waals surface area contributed by atoms with Crippen molar-refractivity contribution in [1.29, 1.82) is 0 Å². The van der Waals surface area contributed by atoms with Crippen LogP contribution in [0.25, 0.3) is 10.2 Å². The highest BCUT2D eigenvalue weighted by Gasteiger charge is 2.22. The zero-order chi connectivity index (χ0) is 18.6. The smallest absolute Gasteiger partial charge is 0.229 e. The summed E-state index contributed by atoms with van der Waals surface area (Å²) in [7, 11) is 0. The normalized spacial score (nSPS) is 18.7. The lowest BCUT2D eigenvalue weighted by molar-refractivity contribution is -0.120.